The van der Waals surface area contributed by atoms with Crippen LogP contribution in [0.4, 0.5) is 0 Å². The summed E-state index contributed by atoms with van der Waals surface area (Å²) in [5, 5.41) is 3.40. The summed E-state index contributed by atoms with van der Waals surface area (Å²) in [6, 6.07) is 2.45. The molecule has 1 rings (SSSR count). The molecule has 0 aliphatic rings. The molecular formula is C14H24BrNO. The molecule has 0 radical (unpaired) electrons. The minimum atomic E-state index is 0.393. The zero-order valence-corrected chi connectivity index (χ0v) is 12.7. The highest BCUT2D eigenvalue weighted by atomic mass is 79.9. The van der Waals surface area contributed by atoms with Crippen molar-refractivity contribution in [3.05, 3.63) is 22.6 Å². The van der Waals surface area contributed by atoms with Gasteiger partial charge in [0, 0.05) is 11.6 Å². The number of nitrogens with one attached hydrogen (secondary N) is 1. The van der Waals surface area contributed by atoms with E-state index in [1.807, 2.05) is 7.05 Å². The van der Waals surface area contributed by atoms with Crippen molar-refractivity contribution in [3.8, 4) is 0 Å². The number of halogens is 1. The number of hydrogen-bond donors (Lipinski definition) is 1. The van der Waals surface area contributed by atoms with Gasteiger partial charge >= 0.3 is 0 Å². The van der Waals surface area contributed by atoms with E-state index in [0.29, 0.717) is 6.04 Å². The number of rotatable bonds is 8. The summed E-state index contributed by atoms with van der Waals surface area (Å²) >= 11 is 3.47. The SMILES string of the molecule is CCCCC(CC)CC(NC)c1ccoc1Br. The van der Waals surface area contributed by atoms with Gasteiger partial charge in [0.2, 0.25) is 0 Å². The van der Waals surface area contributed by atoms with E-state index in [2.05, 4.69) is 41.2 Å². The van der Waals surface area contributed by atoms with E-state index in [9.17, 15) is 0 Å². The predicted molar refractivity (Wildman–Crippen MR) is 76.1 cm³/mol. The van der Waals surface area contributed by atoms with E-state index in [1.165, 1.54) is 37.7 Å². The first kappa shape index (κ1) is 14.8. The lowest BCUT2D eigenvalue weighted by Crippen LogP contribution is -2.19. The fraction of sp³-hybridized carbons (Fsp3) is 0.714. The molecule has 2 unspecified atom stereocenters. The molecule has 2 atom stereocenters. The molecule has 0 fully saturated rings. The highest BCUT2D eigenvalue weighted by Gasteiger charge is 2.18. The Morgan fingerprint density at radius 1 is 1.41 bits per heavy atom. The minimum absolute atomic E-state index is 0.393. The molecule has 0 aliphatic heterocycles. The van der Waals surface area contributed by atoms with Gasteiger partial charge in [-0.2, -0.15) is 0 Å². The van der Waals surface area contributed by atoms with E-state index in [-0.39, 0.29) is 0 Å². The maximum Gasteiger partial charge on any atom is 0.173 e. The van der Waals surface area contributed by atoms with Crippen LogP contribution in [0.2, 0.25) is 0 Å². The van der Waals surface area contributed by atoms with Gasteiger partial charge in [0.1, 0.15) is 0 Å². The second kappa shape index (κ2) is 7.93. The predicted octanol–water partition coefficient (Wildman–Crippen LogP) is 4.91. The quantitative estimate of drug-likeness (QED) is 0.738. The molecule has 1 aromatic rings. The van der Waals surface area contributed by atoms with Crippen LogP contribution in [0.15, 0.2) is 21.4 Å². The van der Waals surface area contributed by atoms with Crippen molar-refractivity contribution in [2.45, 2.75) is 52.0 Å². The van der Waals surface area contributed by atoms with Crippen LogP contribution in [0, 0.1) is 5.92 Å². The van der Waals surface area contributed by atoms with Crippen LogP contribution in [0.1, 0.15) is 57.6 Å². The Kier molecular flexibility index (Phi) is 6.90. The third-order valence-electron chi connectivity index (χ3n) is 3.48. The van der Waals surface area contributed by atoms with Crippen molar-refractivity contribution in [3.63, 3.8) is 0 Å². The molecule has 0 saturated heterocycles. The first-order chi connectivity index (χ1) is 8.22. The second-order valence-corrected chi connectivity index (χ2v) is 5.36. The summed E-state index contributed by atoms with van der Waals surface area (Å²) in [5.74, 6) is 0.800. The van der Waals surface area contributed by atoms with Crippen LogP contribution >= 0.6 is 15.9 Å². The van der Waals surface area contributed by atoms with Gasteiger partial charge in [0.25, 0.3) is 0 Å². The van der Waals surface area contributed by atoms with Crippen molar-refractivity contribution in [2.24, 2.45) is 5.92 Å². The third kappa shape index (κ3) is 4.47. The average Bonchev–Trinajstić information content (AvgIpc) is 2.76. The van der Waals surface area contributed by atoms with Crippen molar-refractivity contribution in [1.29, 1.82) is 0 Å². The van der Waals surface area contributed by atoms with E-state index < -0.39 is 0 Å². The fourth-order valence-corrected chi connectivity index (χ4v) is 2.79. The Balaban J connectivity index is 2.59. The second-order valence-electron chi connectivity index (χ2n) is 4.64. The molecule has 0 bridgehead atoms. The summed E-state index contributed by atoms with van der Waals surface area (Å²) in [4.78, 5) is 0. The molecule has 0 saturated carbocycles. The van der Waals surface area contributed by atoms with Crippen LogP contribution in [-0.4, -0.2) is 7.05 Å². The van der Waals surface area contributed by atoms with E-state index >= 15 is 0 Å². The Hall–Kier alpha value is -0.280. The van der Waals surface area contributed by atoms with Crippen molar-refractivity contribution in [2.75, 3.05) is 7.05 Å². The smallest absolute Gasteiger partial charge is 0.173 e. The molecule has 1 N–H and O–H groups in total. The van der Waals surface area contributed by atoms with Crippen LogP contribution in [0.25, 0.3) is 0 Å². The van der Waals surface area contributed by atoms with Gasteiger partial charge in [-0.05, 0) is 41.4 Å². The molecule has 1 aromatic heterocycles. The molecular weight excluding hydrogens is 278 g/mol. The molecule has 1 heterocycles. The highest BCUT2D eigenvalue weighted by molar-refractivity contribution is 9.10. The van der Waals surface area contributed by atoms with E-state index in [1.54, 1.807) is 6.26 Å². The first-order valence-corrected chi connectivity index (χ1v) is 7.42. The minimum Gasteiger partial charge on any atom is -0.457 e. The Morgan fingerprint density at radius 3 is 2.65 bits per heavy atom. The zero-order chi connectivity index (χ0) is 12.7. The van der Waals surface area contributed by atoms with Crippen LogP contribution in [-0.2, 0) is 0 Å². The van der Waals surface area contributed by atoms with Gasteiger partial charge in [-0.3, -0.25) is 0 Å². The number of hydrogen-bond acceptors (Lipinski definition) is 2. The summed E-state index contributed by atoms with van der Waals surface area (Å²) in [5.41, 5.74) is 1.24. The average molecular weight is 302 g/mol. The van der Waals surface area contributed by atoms with Crippen LogP contribution in [0.3, 0.4) is 0 Å². The molecule has 0 aliphatic carbocycles. The number of furan rings is 1. The van der Waals surface area contributed by atoms with Crippen molar-refractivity contribution in [1.82, 2.24) is 5.32 Å². The topological polar surface area (TPSA) is 25.2 Å². The monoisotopic (exact) mass is 301 g/mol. The molecule has 0 spiro atoms. The zero-order valence-electron chi connectivity index (χ0n) is 11.1. The Morgan fingerprint density at radius 2 is 2.18 bits per heavy atom. The lowest BCUT2D eigenvalue weighted by molar-refractivity contribution is 0.362. The fourth-order valence-electron chi connectivity index (χ4n) is 2.27. The first-order valence-electron chi connectivity index (χ1n) is 6.63. The molecule has 0 amide bonds. The lowest BCUT2D eigenvalue weighted by atomic mass is 9.90. The van der Waals surface area contributed by atoms with Crippen molar-refractivity contribution >= 4 is 15.9 Å². The summed E-state index contributed by atoms with van der Waals surface area (Å²) in [6.45, 7) is 4.55. The van der Waals surface area contributed by atoms with E-state index in [0.717, 1.165) is 10.6 Å². The van der Waals surface area contributed by atoms with Gasteiger partial charge < -0.3 is 9.73 Å². The van der Waals surface area contributed by atoms with Gasteiger partial charge in [-0.25, -0.2) is 0 Å². The molecule has 98 valence electrons. The summed E-state index contributed by atoms with van der Waals surface area (Å²) in [7, 11) is 2.02. The molecule has 2 nitrogen and oxygen atoms in total. The Bertz CT molecular complexity index is 311. The lowest BCUT2D eigenvalue weighted by Gasteiger charge is -2.22. The van der Waals surface area contributed by atoms with Gasteiger partial charge in [0.05, 0.1) is 6.26 Å². The van der Waals surface area contributed by atoms with Gasteiger partial charge in [0.15, 0.2) is 4.67 Å². The summed E-state index contributed by atoms with van der Waals surface area (Å²) in [6.07, 6.45) is 8.15. The molecule has 3 heteroatoms. The third-order valence-corrected chi connectivity index (χ3v) is 4.13. The standard InChI is InChI=1S/C14H24BrNO/c1-4-6-7-11(5-2)10-13(16-3)12-8-9-17-14(12)15/h8-9,11,13,16H,4-7,10H2,1-3H3. The number of unbranched alkanes of at least 4 members (excludes halogenated alkanes) is 1. The molecule has 17 heavy (non-hydrogen) atoms. The van der Waals surface area contributed by atoms with Gasteiger partial charge in [-0.1, -0.05) is 39.5 Å². The summed E-state index contributed by atoms with van der Waals surface area (Å²) < 4.78 is 6.18. The van der Waals surface area contributed by atoms with Gasteiger partial charge in [-0.15, -0.1) is 0 Å². The highest BCUT2D eigenvalue weighted by Crippen LogP contribution is 2.31. The Labute approximate surface area is 113 Å². The van der Waals surface area contributed by atoms with Crippen LogP contribution < -0.4 is 5.32 Å². The maximum absolute atomic E-state index is 5.32. The largest absolute Gasteiger partial charge is 0.457 e. The maximum atomic E-state index is 5.32. The van der Waals surface area contributed by atoms with Crippen molar-refractivity contribution < 1.29 is 4.42 Å². The van der Waals surface area contributed by atoms with Crippen LogP contribution in [0.5, 0.6) is 0 Å². The normalized spacial score (nSPS) is 14.8. The molecule has 0 aromatic carbocycles. The van der Waals surface area contributed by atoms with E-state index in [4.69, 9.17) is 4.42 Å².